The molecule has 0 saturated heterocycles. The first-order valence-electron chi connectivity index (χ1n) is 6.67. The number of rotatable bonds is 4. The summed E-state index contributed by atoms with van der Waals surface area (Å²) in [7, 11) is 1.44. The Morgan fingerprint density at radius 1 is 1.09 bits per heavy atom. The average Bonchev–Trinajstić information content (AvgIpc) is 2.54. The van der Waals surface area contributed by atoms with Gasteiger partial charge in [-0.1, -0.05) is 41.4 Å². The molecule has 0 bridgehead atoms. The van der Waals surface area contributed by atoms with E-state index in [4.69, 9.17) is 27.9 Å². The van der Waals surface area contributed by atoms with Gasteiger partial charge in [0.2, 0.25) is 5.91 Å². The zero-order chi connectivity index (χ0) is 16.8. The van der Waals surface area contributed by atoms with E-state index in [9.17, 15) is 9.59 Å². The summed E-state index contributed by atoms with van der Waals surface area (Å²) in [6, 6.07) is 11.6. The fourth-order valence-electron chi connectivity index (χ4n) is 1.91. The van der Waals surface area contributed by atoms with Gasteiger partial charge in [-0.05, 0) is 29.8 Å². The number of hydrogen-bond donors (Lipinski definition) is 2. The summed E-state index contributed by atoms with van der Waals surface area (Å²) < 4.78 is 5.09. The monoisotopic (exact) mass is 352 g/mol. The van der Waals surface area contributed by atoms with Gasteiger partial charge in [-0.25, -0.2) is 0 Å². The molecular formula is C16H14Cl2N2O3. The Bertz CT molecular complexity index is 735. The Kier molecular flexibility index (Phi) is 5.84. The predicted octanol–water partition coefficient (Wildman–Crippen LogP) is 3.01. The van der Waals surface area contributed by atoms with Crippen LogP contribution in [0.15, 0.2) is 42.5 Å². The number of amides is 2. The van der Waals surface area contributed by atoms with Crippen LogP contribution in [0.2, 0.25) is 10.0 Å². The SMILES string of the molecule is COc1ccc(Cl)cc1C(=O)NNC(=O)Cc1ccccc1Cl. The van der Waals surface area contributed by atoms with Crippen LogP contribution in [0.3, 0.4) is 0 Å². The molecule has 0 atom stereocenters. The molecule has 0 unspecified atom stereocenters. The van der Waals surface area contributed by atoms with Crippen LogP contribution >= 0.6 is 23.2 Å². The lowest BCUT2D eigenvalue weighted by Gasteiger charge is -2.11. The standard InChI is InChI=1S/C16H14Cl2N2O3/c1-23-14-7-6-11(17)9-12(14)16(22)20-19-15(21)8-10-4-2-3-5-13(10)18/h2-7,9H,8H2,1H3,(H,19,21)(H,20,22). The fourth-order valence-corrected chi connectivity index (χ4v) is 2.29. The summed E-state index contributed by atoms with van der Waals surface area (Å²) in [5.74, 6) is -0.573. The molecule has 23 heavy (non-hydrogen) atoms. The quantitative estimate of drug-likeness (QED) is 0.831. The fraction of sp³-hybridized carbons (Fsp3) is 0.125. The Labute approximate surface area is 143 Å². The minimum atomic E-state index is -0.531. The third-order valence-electron chi connectivity index (χ3n) is 3.03. The van der Waals surface area contributed by atoms with E-state index in [1.54, 1.807) is 36.4 Å². The van der Waals surface area contributed by atoms with E-state index in [0.717, 1.165) is 0 Å². The predicted molar refractivity (Wildman–Crippen MR) is 88.8 cm³/mol. The van der Waals surface area contributed by atoms with Crippen molar-refractivity contribution in [2.75, 3.05) is 7.11 Å². The van der Waals surface area contributed by atoms with Crippen molar-refractivity contribution in [2.45, 2.75) is 6.42 Å². The highest BCUT2D eigenvalue weighted by Crippen LogP contribution is 2.22. The van der Waals surface area contributed by atoms with Crippen LogP contribution < -0.4 is 15.6 Å². The number of ether oxygens (including phenoxy) is 1. The molecule has 120 valence electrons. The van der Waals surface area contributed by atoms with Crippen LogP contribution in [0.25, 0.3) is 0 Å². The summed E-state index contributed by atoms with van der Waals surface area (Å²) in [5, 5.41) is 0.879. The number of hydrogen-bond acceptors (Lipinski definition) is 3. The van der Waals surface area contributed by atoms with Crippen molar-refractivity contribution in [3.8, 4) is 5.75 Å². The highest BCUT2D eigenvalue weighted by atomic mass is 35.5. The van der Waals surface area contributed by atoms with Crippen molar-refractivity contribution in [3.05, 3.63) is 63.6 Å². The highest BCUT2D eigenvalue weighted by molar-refractivity contribution is 6.31. The van der Waals surface area contributed by atoms with E-state index in [0.29, 0.717) is 21.4 Å². The van der Waals surface area contributed by atoms with Gasteiger partial charge >= 0.3 is 0 Å². The van der Waals surface area contributed by atoms with E-state index >= 15 is 0 Å². The molecule has 5 nitrogen and oxygen atoms in total. The normalized spacial score (nSPS) is 10.0. The van der Waals surface area contributed by atoms with Gasteiger partial charge in [0.05, 0.1) is 19.1 Å². The lowest BCUT2D eigenvalue weighted by molar-refractivity contribution is -0.121. The average molecular weight is 353 g/mol. The van der Waals surface area contributed by atoms with Crippen LogP contribution in [-0.2, 0) is 11.2 Å². The van der Waals surface area contributed by atoms with Crippen molar-refractivity contribution >= 4 is 35.0 Å². The molecule has 0 heterocycles. The summed E-state index contributed by atoms with van der Waals surface area (Å²) in [5.41, 5.74) is 5.54. The zero-order valence-corrected chi connectivity index (χ0v) is 13.7. The molecule has 0 spiro atoms. The van der Waals surface area contributed by atoms with Crippen molar-refractivity contribution < 1.29 is 14.3 Å². The topological polar surface area (TPSA) is 67.4 Å². The summed E-state index contributed by atoms with van der Waals surface area (Å²) in [6.07, 6.45) is 0.0482. The van der Waals surface area contributed by atoms with Crippen LogP contribution in [-0.4, -0.2) is 18.9 Å². The Morgan fingerprint density at radius 2 is 1.83 bits per heavy atom. The summed E-state index contributed by atoms with van der Waals surface area (Å²) >= 11 is 11.9. The second-order valence-electron chi connectivity index (χ2n) is 4.62. The molecule has 0 aliphatic rings. The first-order valence-corrected chi connectivity index (χ1v) is 7.43. The van der Waals surface area contributed by atoms with Crippen molar-refractivity contribution in [1.29, 1.82) is 0 Å². The molecule has 2 aromatic carbocycles. The largest absolute Gasteiger partial charge is 0.496 e. The first kappa shape index (κ1) is 17.1. The van der Waals surface area contributed by atoms with Gasteiger partial charge in [0.15, 0.2) is 0 Å². The van der Waals surface area contributed by atoms with E-state index in [1.807, 2.05) is 0 Å². The van der Waals surface area contributed by atoms with Crippen molar-refractivity contribution in [2.24, 2.45) is 0 Å². The Hall–Kier alpha value is -2.24. The molecule has 0 aromatic heterocycles. The number of benzene rings is 2. The molecule has 0 saturated carbocycles. The molecular weight excluding hydrogens is 339 g/mol. The molecule has 2 rings (SSSR count). The maximum Gasteiger partial charge on any atom is 0.273 e. The van der Waals surface area contributed by atoms with Gasteiger partial charge < -0.3 is 4.74 Å². The van der Waals surface area contributed by atoms with Crippen LogP contribution in [0.5, 0.6) is 5.75 Å². The van der Waals surface area contributed by atoms with E-state index in [1.165, 1.54) is 13.2 Å². The molecule has 2 aromatic rings. The van der Waals surface area contributed by atoms with Gasteiger partial charge in [-0.15, -0.1) is 0 Å². The molecule has 2 amide bonds. The van der Waals surface area contributed by atoms with Gasteiger partial charge in [-0.2, -0.15) is 0 Å². The number of carbonyl (C=O) groups excluding carboxylic acids is 2. The molecule has 0 fully saturated rings. The maximum absolute atomic E-state index is 12.1. The number of nitrogens with one attached hydrogen (secondary N) is 2. The molecule has 0 aliphatic carbocycles. The number of carbonyl (C=O) groups is 2. The maximum atomic E-state index is 12.1. The third kappa shape index (κ3) is 4.61. The number of methoxy groups -OCH3 is 1. The minimum absolute atomic E-state index is 0.0482. The number of halogens is 2. The van der Waals surface area contributed by atoms with E-state index in [-0.39, 0.29) is 12.0 Å². The first-order chi connectivity index (χ1) is 11.0. The molecule has 7 heteroatoms. The van der Waals surface area contributed by atoms with Gasteiger partial charge in [0, 0.05) is 10.0 Å². The molecule has 0 aliphatic heterocycles. The summed E-state index contributed by atoms with van der Waals surface area (Å²) in [4.78, 5) is 24.0. The van der Waals surface area contributed by atoms with Gasteiger partial charge in [0.25, 0.3) is 5.91 Å². The lowest BCUT2D eigenvalue weighted by Crippen LogP contribution is -2.42. The van der Waals surface area contributed by atoms with E-state index in [2.05, 4.69) is 10.9 Å². The van der Waals surface area contributed by atoms with Crippen LogP contribution in [0, 0.1) is 0 Å². The van der Waals surface area contributed by atoms with Crippen molar-refractivity contribution in [1.82, 2.24) is 10.9 Å². The second-order valence-corrected chi connectivity index (χ2v) is 5.46. The Morgan fingerprint density at radius 3 is 2.52 bits per heavy atom. The molecule has 0 radical (unpaired) electrons. The molecule has 2 N–H and O–H groups in total. The van der Waals surface area contributed by atoms with Crippen LogP contribution in [0.4, 0.5) is 0 Å². The second kappa shape index (κ2) is 7.85. The minimum Gasteiger partial charge on any atom is -0.496 e. The van der Waals surface area contributed by atoms with Crippen LogP contribution in [0.1, 0.15) is 15.9 Å². The Balaban J connectivity index is 1.98. The third-order valence-corrected chi connectivity index (χ3v) is 3.63. The van der Waals surface area contributed by atoms with Crippen molar-refractivity contribution in [3.63, 3.8) is 0 Å². The lowest BCUT2D eigenvalue weighted by atomic mass is 10.1. The van der Waals surface area contributed by atoms with E-state index < -0.39 is 11.8 Å². The summed E-state index contributed by atoms with van der Waals surface area (Å²) in [6.45, 7) is 0. The van der Waals surface area contributed by atoms with Gasteiger partial charge in [0.1, 0.15) is 5.75 Å². The smallest absolute Gasteiger partial charge is 0.273 e. The highest BCUT2D eigenvalue weighted by Gasteiger charge is 2.14. The zero-order valence-electron chi connectivity index (χ0n) is 12.2. The number of hydrazine groups is 1. The van der Waals surface area contributed by atoms with Gasteiger partial charge in [-0.3, -0.25) is 20.4 Å².